The maximum absolute atomic E-state index is 12.6. The van der Waals surface area contributed by atoms with Crippen LogP contribution in [0.1, 0.15) is 0 Å². The largest absolute Gasteiger partial charge is 0.338 e. The molecule has 4 aromatic rings. The van der Waals surface area contributed by atoms with Gasteiger partial charge >= 0.3 is 0 Å². The summed E-state index contributed by atoms with van der Waals surface area (Å²) in [6, 6.07) is 13.2. The quantitative estimate of drug-likeness (QED) is 0.259. The molecule has 0 unspecified atom stereocenters. The Labute approximate surface area is 182 Å². The lowest BCUT2D eigenvalue weighted by atomic mass is 10.3. The molecule has 0 amide bonds. The highest BCUT2D eigenvalue weighted by atomic mass is 35.5. The van der Waals surface area contributed by atoms with Gasteiger partial charge < -0.3 is 15.2 Å². The second kappa shape index (κ2) is 7.95. The van der Waals surface area contributed by atoms with E-state index >= 15 is 0 Å². The standard InChI is InChI=1S/C19H17ClN5OPS2/c1-27(2,26)15-6-4-3-5-13(15)23-17-12(20)10-21-18(25-17)22-11-7-8-14-16(9-11)29-19(28)24-14/h3-10H,1-2H3,(H,24,28)(H2,21,22,23,25). The number of benzene rings is 2. The van der Waals surface area contributed by atoms with Crippen molar-refractivity contribution in [1.29, 1.82) is 0 Å². The van der Waals surface area contributed by atoms with Crippen molar-refractivity contribution in [1.82, 2.24) is 15.0 Å². The lowest BCUT2D eigenvalue weighted by Crippen LogP contribution is -2.10. The molecule has 148 valence electrons. The highest BCUT2D eigenvalue weighted by Crippen LogP contribution is 2.38. The minimum atomic E-state index is -2.47. The topological polar surface area (TPSA) is 79.8 Å². The Morgan fingerprint density at radius 2 is 1.90 bits per heavy atom. The zero-order chi connectivity index (χ0) is 20.6. The molecule has 0 aliphatic heterocycles. The Kier molecular flexibility index (Phi) is 5.53. The van der Waals surface area contributed by atoms with Crippen molar-refractivity contribution in [2.24, 2.45) is 0 Å². The number of hydrogen-bond acceptors (Lipinski definition) is 8. The van der Waals surface area contributed by atoms with Gasteiger partial charge in [-0.1, -0.05) is 23.7 Å². The predicted octanol–water partition coefficient (Wildman–Crippen LogP) is 5.76. The van der Waals surface area contributed by atoms with Crippen molar-refractivity contribution in [3.63, 3.8) is 0 Å². The van der Waals surface area contributed by atoms with Gasteiger partial charge in [-0.15, -0.1) is 24.0 Å². The Morgan fingerprint density at radius 3 is 2.69 bits per heavy atom. The van der Waals surface area contributed by atoms with Crippen LogP contribution in [-0.2, 0) is 4.57 Å². The number of halogens is 1. The van der Waals surface area contributed by atoms with Crippen molar-refractivity contribution in [3.8, 4) is 0 Å². The van der Waals surface area contributed by atoms with E-state index in [2.05, 4.69) is 38.2 Å². The lowest BCUT2D eigenvalue weighted by Gasteiger charge is -2.15. The third-order valence-corrected chi connectivity index (χ3v) is 7.14. The fourth-order valence-electron chi connectivity index (χ4n) is 2.81. The summed E-state index contributed by atoms with van der Waals surface area (Å²) in [5.74, 6) is 0.821. The van der Waals surface area contributed by atoms with E-state index in [-0.39, 0.29) is 0 Å². The molecule has 2 heterocycles. The average Bonchev–Trinajstić information content (AvgIpc) is 3.03. The predicted molar refractivity (Wildman–Crippen MR) is 126 cm³/mol. The van der Waals surface area contributed by atoms with Crippen LogP contribution in [0.3, 0.4) is 0 Å². The molecule has 0 radical (unpaired) electrons. The number of hydrogen-bond donors (Lipinski definition) is 3. The van der Waals surface area contributed by atoms with Crippen LogP contribution < -0.4 is 15.9 Å². The Balaban J connectivity index is 1.63. The SMILES string of the molecule is CP(C)(=O)c1ccccc1Nc1nc(Nc2ccc3nc(S)sc3c2)ncc1Cl. The van der Waals surface area contributed by atoms with Gasteiger partial charge in [-0.25, -0.2) is 9.97 Å². The van der Waals surface area contributed by atoms with E-state index in [0.717, 1.165) is 21.2 Å². The monoisotopic (exact) mass is 461 g/mol. The molecule has 0 aliphatic carbocycles. The van der Waals surface area contributed by atoms with Gasteiger partial charge in [0.25, 0.3) is 0 Å². The van der Waals surface area contributed by atoms with Crippen LogP contribution in [0.15, 0.2) is 53.0 Å². The number of thiazole rings is 1. The van der Waals surface area contributed by atoms with Crippen molar-refractivity contribution >= 4 is 81.4 Å². The number of fused-ring (bicyclic) bond motifs is 1. The molecular formula is C19H17ClN5OPS2. The van der Waals surface area contributed by atoms with Gasteiger partial charge in [-0.2, -0.15) is 4.98 Å². The maximum atomic E-state index is 12.6. The van der Waals surface area contributed by atoms with E-state index in [9.17, 15) is 4.57 Å². The number of thiol groups is 1. The molecule has 0 saturated carbocycles. The highest BCUT2D eigenvalue weighted by molar-refractivity contribution is 7.82. The van der Waals surface area contributed by atoms with E-state index in [1.165, 1.54) is 17.5 Å². The maximum Gasteiger partial charge on any atom is 0.229 e. The molecule has 2 aromatic heterocycles. The van der Waals surface area contributed by atoms with Crippen molar-refractivity contribution < 1.29 is 4.57 Å². The number of rotatable bonds is 5. The third kappa shape index (κ3) is 4.56. The molecule has 10 heteroatoms. The molecule has 29 heavy (non-hydrogen) atoms. The molecule has 2 aromatic carbocycles. The minimum Gasteiger partial charge on any atom is -0.338 e. The molecule has 0 spiro atoms. The van der Waals surface area contributed by atoms with Crippen LogP contribution in [0.5, 0.6) is 0 Å². The fourth-order valence-corrected chi connectivity index (χ4v) is 5.25. The third-order valence-electron chi connectivity index (χ3n) is 4.11. The first-order valence-corrected chi connectivity index (χ1v) is 12.8. The molecule has 4 rings (SSSR count). The van der Waals surface area contributed by atoms with Gasteiger partial charge in [0, 0.05) is 11.0 Å². The highest BCUT2D eigenvalue weighted by Gasteiger charge is 2.17. The molecule has 0 fully saturated rings. The summed E-state index contributed by atoms with van der Waals surface area (Å²) in [6.07, 6.45) is 1.52. The summed E-state index contributed by atoms with van der Waals surface area (Å²) in [5, 5.41) is 7.48. The summed E-state index contributed by atoms with van der Waals surface area (Å²) in [7, 11) is -2.47. The Hall–Kier alpha value is -2.12. The van der Waals surface area contributed by atoms with Gasteiger partial charge in [0.2, 0.25) is 5.95 Å². The minimum absolute atomic E-state index is 0.366. The van der Waals surface area contributed by atoms with E-state index < -0.39 is 7.14 Å². The number of anilines is 4. The zero-order valence-electron chi connectivity index (χ0n) is 15.5. The van der Waals surface area contributed by atoms with E-state index in [4.69, 9.17) is 11.6 Å². The lowest BCUT2D eigenvalue weighted by molar-refractivity contribution is 0.588. The molecule has 0 aliphatic rings. The smallest absolute Gasteiger partial charge is 0.229 e. The molecule has 6 nitrogen and oxygen atoms in total. The second-order valence-corrected chi connectivity index (χ2v) is 12.0. The second-order valence-electron chi connectivity index (χ2n) is 6.69. The van der Waals surface area contributed by atoms with Gasteiger partial charge in [0.1, 0.15) is 16.5 Å². The Bertz CT molecular complexity index is 1260. The van der Waals surface area contributed by atoms with Gasteiger partial charge in [-0.05, 0) is 43.7 Å². The van der Waals surface area contributed by atoms with Crippen LogP contribution in [0.4, 0.5) is 23.1 Å². The van der Waals surface area contributed by atoms with E-state index in [1.807, 2.05) is 42.5 Å². The van der Waals surface area contributed by atoms with Crippen LogP contribution >= 0.6 is 42.7 Å². The molecule has 2 N–H and O–H groups in total. The van der Waals surface area contributed by atoms with Crippen molar-refractivity contribution in [2.75, 3.05) is 24.0 Å². The summed E-state index contributed by atoms with van der Waals surface area (Å²) >= 11 is 12.1. The Morgan fingerprint density at radius 1 is 1.10 bits per heavy atom. The van der Waals surface area contributed by atoms with Crippen LogP contribution in [0, 0.1) is 0 Å². The van der Waals surface area contributed by atoms with E-state index in [1.54, 1.807) is 13.3 Å². The molecule has 0 saturated heterocycles. The fraction of sp³-hybridized carbons (Fsp3) is 0.105. The first kappa shape index (κ1) is 20.2. The number of nitrogens with one attached hydrogen (secondary N) is 2. The van der Waals surface area contributed by atoms with Crippen LogP contribution in [0.2, 0.25) is 5.02 Å². The number of para-hydroxylation sites is 1. The normalized spacial score (nSPS) is 11.6. The number of aromatic nitrogens is 3. The van der Waals surface area contributed by atoms with Crippen LogP contribution in [-0.4, -0.2) is 28.3 Å². The first-order valence-electron chi connectivity index (χ1n) is 8.60. The average molecular weight is 462 g/mol. The summed E-state index contributed by atoms with van der Waals surface area (Å²) in [6.45, 7) is 3.46. The first-order chi connectivity index (χ1) is 13.8. The summed E-state index contributed by atoms with van der Waals surface area (Å²) < 4.78 is 14.3. The molecule has 0 bridgehead atoms. The molecule has 0 atom stereocenters. The van der Waals surface area contributed by atoms with Crippen LogP contribution in [0.25, 0.3) is 10.2 Å². The summed E-state index contributed by atoms with van der Waals surface area (Å²) in [4.78, 5) is 13.1. The zero-order valence-corrected chi connectivity index (χ0v) is 18.9. The van der Waals surface area contributed by atoms with Gasteiger partial charge in [0.05, 0.1) is 22.1 Å². The van der Waals surface area contributed by atoms with Gasteiger partial charge in [-0.3, -0.25) is 0 Å². The van der Waals surface area contributed by atoms with Crippen molar-refractivity contribution in [3.05, 3.63) is 53.7 Å². The van der Waals surface area contributed by atoms with Crippen molar-refractivity contribution in [2.45, 2.75) is 4.34 Å². The molecular weight excluding hydrogens is 445 g/mol. The van der Waals surface area contributed by atoms with Gasteiger partial charge in [0.15, 0.2) is 5.82 Å². The number of nitrogens with zero attached hydrogens (tertiary/aromatic N) is 3. The van der Waals surface area contributed by atoms with E-state index in [0.29, 0.717) is 26.8 Å². The summed E-state index contributed by atoms with van der Waals surface area (Å²) in [5.41, 5.74) is 2.43.